The molecule has 0 heterocycles. The van der Waals surface area contributed by atoms with Crippen LogP contribution in [-0.4, -0.2) is 113 Å². The van der Waals surface area contributed by atoms with Gasteiger partial charge in [0.2, 0.25) is 17.7 Å². The molecule has 0 aromatic rings. The maximum Gasteiger partial charge on any atom is 0.237 e. The minimum atomic E-state index is -0.962. The first-order valence-corrected chi connectivity index (χ1v) is 15.0. The van der Waals surface area contributed by atoms with Crippen molar-refractivity contribution in [2.24, 2.45) is 28.1 Å². The van der Waals surface area contributed by atoms with E-state index in [4.69, 9.17) is 43.0 Å². The van der Waals surface area contributed by atoms with Gasteiger partial charge in [0.15, 0.2) is 17.5 Å². The molecule has 2 atom stereocenters. The van der Waals surface area contributed by atoms with Crippen molar-refractivity contribution in [3.63, 3.8) is 0 Å². The third kappa shape index (κ3) is 25.4. The van der Waals surface area contributed by atoms with E-state index in [2.05, 4.69) is 20.9 Å². The van der Waals surface area contributed by atoms with Crippen molar-refractivity contribution in [1.29, 1.82) is 0 Å². The van der Waals surface area contributed by atoms with Gasteiger partial charge in [-0.2, -0.15) is 0 Å². The average Bonchev–Trinajstić information content (AvgIpc) is 2.97. The molecule has 0 fully saturated rings. The molecule has 15 nitrogen and oxygen atoms in total. The van der Waals surface area contributed by atoms with Crippen LogP contribution >= 0.6 is 11.6 Å². The predicted molar refractivity (Wildman–Crippen MR) is 162 cm³/mol. The fraction of sp³-hybridized carbons (Fsp3) is 0.778. The molecule has 0 saturated heterocycles. The number of rotatable bonds is 28. The maximum absolute atomic E-state index is 12.3. The molecule has 0 aliphatic carbocycles. The molecular formula is C27H50ClN7O8. The SMILES string of the molecule is CC(=O)NCCCOCCOCCOCCCNC(=O)CC[C@H](N)C(=O)NCC(=O)C[C@@H](CCCN=C(N)N)C(=O)CCl. The highest BCUT2D eigenvalue weighted by atomic mass is 35.5. The van der Waals surface area contributed by atoms with Gasteiger partial charge in [0.05, 0.1) is 44.9 Å². The number of ether oxygens (including phenoxy) is 3. The molecule has 0 bridgehead atoms. The van der Waals surface area contributed by atoms with Crippen molar-refractivity contribution in [3.05, 3.63) is 0 Å². The van der Waals surface area contributed by atoms with E-state index >= 15 is 0 Å². The number of guanidine groups is 1. The molecule has 248 valence electrons. The standard InChI is InChI=1S/C27H50ClN7O8/c1-20(36)32-9-3-11-41-13-15-43-16-14-42-12-4-10-33-25(39)7-6-23(29)26(40)35-19-22(37)17-21(24(38)18-28)5-2-8-34-27(30)31/h21,23H,2-19,29H2,1H3,(H,32,36)(H,33,39)(H,35,40)(H4,30,31,34)/t21-,23+/m1/s1. The zero-order valence-corrected chi connectivity index (χ0v) is 26.0. The first-order chi connectivity index (χ1) is 20.6. The number of nitrogens with one attached hydrogen (secondary N) is 3. The summed E-state index contributed by atoms with van der Waals surface area (Å²) in [5.74, 6) is -2.32. The Bertz CT molecular complexity index is 859. The minimum Gasteiger partial charge on any atom is -0.379 e. The molecule has 43 heavy (non-hydrogen) atoms. The van der Waals surface area contributed by atoms with E-state index in [1.54, 1.807) is 0 Å². The van der Waals surface area contributed by atoms with Crippen LogP contribution in [0.1, 0.15) is 51.9 Å². The molecule has 3 amide bonds. The van der Waals surface area contributed by atoms with Crippen LogP contribution in [0.15, 0.2) is 4.99 Å². The molecule has 0 aromatic heterocycles. The van der Waals surface area contributed by atoms with E-state index in [0.29, 0.717) is 78.5 Å². The summed E-state index contributed by atoms with van der Waals surface area (Å²) in [6.07, 6.45) is 2.33. The molecule has 0 spiro atoms. The second-order valence-corrected chi connectivity index (χ2v) is 10.00. The van der Waals surface area contributed by atoms with Crippen molar-refractivity contribution in [3.8, 4) is 0 Å². The molecule has 0 rings (SSSR count). The number of nitrogens with zero attached hydrogens (tertiary/aromatic N) is 1. The monoisotopic (exact) mass is 635 g/mol. The lowest BCUT2D eigenvalue weighted by molar-refractivity contribution is -0.128. The number of carbonyl (C=O) groups excluding carboxylic acids is 5. The van der Waals surface area contributed by atoms with E-state index in [1.165, 1.54) is 6.92 Å². The Morgan fingerprint density at radius 3 is 1.95 bits per heavy atom. The third-order valence-corrected chi connectivity index (χ3v) is 6.18. The van der Waals surface area contributed by atoms with Gasteiger partial charge in [-0.15, -0.1) is 11.6 Å². The summed E-state index contributed by atoms with van der Waals surface area (Å²) in [7, 11) is 0. The summed E-state index contributed by atoms with van der Waals surface area (Å²) in [6, 6.07) is -0.962. The Morgan fingerprint density at radius 2 is 1.40 bits per heavy atom. The molecule has 16 heteroatoms. The zero-order valence-electron chi connectivity index (χ0n) is 25.2. The van der Waals surface area contributed by atoms with E-state index < -0.39 is 17.9 Å². The number of alkyl halides is 1. The molecule has 0 aromatic carbocycles. The van der Waals surface area contributed by atoms with Crippen LogP contribution in [0.4, 0.5) is 0 Å². The third-order valence-electron chi connectivity index (χ3n) is 5.92. The summed E-state index contributed by atoms with van der Waals surface area (Å²) in [5.41, 5.74) is 16.4. The summed E-state index contributed by atoms with van der Waals surface area (Å²) >= 11 is 5.65. The number of ketones is 2. The van der Waals surface area contributed by atoms with Crippen molar-refractivity contribution in [1.82, 2.24) is 16.0 Å². The van der Waals surface area contributed by atoms with Gasteiger partial charge < -0.3 is 47.4 Å². The second kappa shape index (κ2) is 26.8. The molecule has 9 N–H and O–H groups in total. The summed E-state index contributed by atoms with van der Waals surface area (Å²) in [5, 5.41) is 7.90. The Morgan fingerprint density at radius 1 is 0.814 bits per heavy atom. The van der Waals surface area contributed by atoms with Crippen molar-refractivity contribution in [2.75, 3.05) is 71.7 Å². The van der Waals surface area contributed by atoms with Crippen molar-refractivity contribution in [2.45, 2.75) is 57.9 Å². The lowest BCUT2D eigenvalue weighted by Gasteiger charge is -2.15. The van der Waals surface area contributed by atoms with Crippen LogP contribution < -0.4 is 33.2 Å². The first kappa shape index (κ1) is 40.1. The summed E-state index contributed by atoms with van der Waals surface area (Å²) in [4.78, 5) is 63.2. The number of hydrogen-bond donors (Lipinski definition) is 6. The van der Waals surface area contributed by atoms with Crippen LogP contribution in [-0.2, 0) is 38.2 Å². The van der Waals surface area contributed by atoms with Gasteiger partial charge in [-0.1, -0.05) is 0 Å². The van der Waals surface area contributed by atoms with Crippen LogP contribution in [0.2, 0.25) is 0 Å². The average molecular weight is 636 g/mol. The number of hydrogen-bond acceptors (Lipinski definition) is 10. The quantitative estimate of drug-likeness (QED) is 0.0256. The van der Waals surface area contributed by atoms with Gasteiger partial charge in [-0.3, -0.25) is 29.0 Å². The number of halogens is 1. The number of amides is 3. The van der Waals surface area contributed by atoms with Crippen LogP contribution in [0.3, 0.4) is 0 Å². The smallest absolute Gasteiger partial charge is 0.237 e. The Hall–Kier alpha value is -2.85. The first-order valence-electron chi connectivity index (χ1n) is 14.5. The van der Waals surface area contributed by atoms with Crippen molar-refractivity contribution < 1.29 is 38.2 Å². The van der Waals surface area contributed by atoms with Crippen LogP contribution in [0.5, 0.6) is 0 Å². The van der Waals surface area contributed by atoms with Gasteiger partial charge in [0.25, 0.3) is 0 Å². The van der Waals surface area contributed by atoms with Gasteiger partial charge in [0.1, 0.15) is 0 Å². The van der Waals surface area contributed by atoms with Gasteiger partial charge >= 0.3 is 0 Å². The highest BCUT2D eigenvalue weighted by molar-refractivity contribution is 6.28. The molecular weight excluding hydrogens is 586 g/mol. The number of carbonyl (C=O) groups is 5. The second-order valence-electron chi connectivity index (χ2n) is 9.73. The number of aliphatic imine (C=N–C) groups is 1. The number of Topliss-reactive ketones (excluding diaryl/α,β-unsaturated/α-hetero) is 2. The normalized spacial score (nSPS) is 12.2. The molecule has 0 aliphatic rings. The maximum atomic E-state index is 12.3. The Kier molecular flexibility index (Phi) is 25.0. The predicted octanol–water partition coefficient (Wildman–Crippen LogP) is -1.27. The topological polar surface area (TPSA) is 240 Å². The highest BCUT2D eigenvalue weighted by Gasteiger charge is 2.22. The van der Waals surface area contributed by atoms with Gasteiger partial charge in [0, 0.05) is 58.5 Å². The zero-order chi connectivity index (χ0) is 32.3. The van der Waals surface area contributed by atoms with Gasteiger partial charge in [-0.05, 0) is 32.1 Å². The van der Waals surface area contributed by atoms with E-state index in [0.717, 1.165) is 6.42 Å². The number of nitrogens with two attached hydrogens (primary N) is 3. The van der Waals surface area contributed by atoms with Crippen LogP contribution in [0, 0.1) is 5.92 Å². The Labute approximate surface area is 258 Å². The highest BCUT2D eigenvalue weighted by Crippen LogP contribution is 2.14. The molecule has 0 saturated carbocycles. The van der Waals surface area contributed by atoms with Gasteiger partial charge in [-0.25, -0.2) is 0 Å². The van der Waals surface area contributed by atoms with Crippen LogP contribution in [0.25, 0.3) is 0 Å². The lowest BCUT2D eigenvalue weighted by Crippen LogP contribution is -2.43. The fourth-order valence-electron chi connectivity index (χ4n) is 3.58. The molecule has 0 unspecified atom stereocenters. The Balaban J connectivity index is 3.86. The lowest BCUT2D eigenvalue weighted by atomic mass is 9.93. The molecule has 0 aliphatic heterocycles. The van der Waals surface area contributed by atoms with E-state index in [-0.39, 0.29) is 61.0 Å². The minimum absolute atomic E-state index is 0.0502. The molecule has 0 radical (unpaired) electrons. The van der Waals surface area contributed by atoms with E-state index in [9.17, 15) is 24.0 Å². The van der Waals surface area contributed by atoms with Crippen molar-refractivity contribution >= 4 is 46.8 Å². The fourth-order valence-corrected chi connectivity index (χ4v) is 3.80. The summed E-state index contributed by atoms with van der Waals surface area (Å²) < 4.78 is 16.2. The summed E-state index contributed by atoms with van der Waals surface area (Å²) in [6.45, 7) is 5.30. The largest absolute Gasteiger partial charge is 0.379 e. The van der Waals surface area contributed by atoms with E-state index in [1.807, 2.05) is 0 Å².